The molecule has 1 amide bonds. The number of nitrogens with one attached hydrogen (secondary N) is 2. The average molecular weight is 266 g/mol. The van der Waals surface area contributed by atoms with E-state index in [-0.39, 0.29) is 11.9 Å². The first-order chi connectivity index (χ1) is 9.33. The Morgan fingerprint density at radius 2 is 2.53 bits per heavy atom. The number of carbonyl (C=O) groups excluding carboxylic acids is 1. The molecular weight excluding hydrogens is 244 g/mol. The molecule has 2 rings (SSSR count). The molecule has 106 valence electrons. The van der Waals surface area contributed by atoms with Crippen LogP contribution in [-0.2, 0) is 9.53 Å². The highest BCUT2D eigenvalue weighted by Gasteiger charge is 2.27. The van der Waals surface area contributed by atoms with Gasteiger partial charge in [0.2, 0.25) is 5.91 Å². The monoisotopic (exact) mass is 266 g/mol. The minimum absolute atomic E-state index is 0.155. The Labute approximate surface area is 113 Å². The van der Waals surface area contributed by atoms with Crippen molar-refractivity contribution in [2.45, 2.75) is 25.3 Å². The molecule has 0 bridgehead atoms. The van der Waals surface area contributed by atoms with Crippen LogP contribution in [-0.4, -0.2) is 54.4 Å². The van der Waals surface area contributed by atoms with Crippen molar-refractivity contribution in [2.75, 3.05) is 33.4 Å². The Balaban J connectivity index is 1.90. The lowest BCUT2D eigenvalue weighted by molar-refractivity contribution is -0.134. The molecule has 6 nitrogen and oxygen atoms in total. The van der Waals surface area contributed by atoms with E-state index in [1.54, 1.807) is 7.11 Å². The first-order valence-electron chi connectivity index (χ1n) is 6.80. The van der Waals surface area contributed by atoms with Gasteiger partial charge in [-0.1, -0.05) is 0 Å². The summed E-state index contributed by atoms with van der Waals surface area (Å²) in [6, 6.07) is 0.171. The summed E-state index contributed by atoms with van der Waals surface area (Å²) < 4.78 is 4.95. The number of hydrogen-bond acceptors (Lipinski definition) is 4. The quantitative estimate of drug-likeness (QED) is 0.744. The van der Waals surface area contributed by atoms with Crippen molar-refractivity contribution in [1.82, 2.24) is 20.4 Å². The van der Waals surface area contributed by atoms with E-state index in [0.29, 0.717) is 19.7 Å². The Bertz CT molecular complexity index is 380. The molecule has 1 saturated heterocycles. The van der Waals surface area contributed by atoms with Gasteiger partial charge in [-0.05, 0) is 19.3 Å². The summed E-state index contributed by atoms with van der Waals surface area (Å²) >= 11 is 0. The van der Waals surface area contributed by atoms with Crippen LogP contribution in [0.15, 0.2) is 12.4 Å². The van der Waals surface area contributed by atoms with E-state index >= 15 is 0 Å². The molecule has 19 heavy (non-hydrogen) atoms. The summed E-state index contributed by atoms with van der Waals surface area (Å²) in [6.45, 7) is 2.53. The number of hydrogen-bond donors (Lipinski definition) is 2. The normalized spacial score (nSPS) is 19.6. The molecule has 1 aliphatic rings. The largest absolute Gasteiger partial charge is 0.383 e. The summed E-state index contributed by atoms with van der Waals surface area (Å²) in [5.74, 6) is 0.155. The minimum Gasteiger partial charge on any atom is -0.383 e. The van der Waals surface area contributed by atoms with Crippen molar-refractivity contribution < 1.29 is 9.53 Å². The second kappa shape index (κ2) is 7.25. The second-order valence-corrected chi connectivity index (χ2v) is 4.80. The average Bonchev–Trinajstić information content (AvgIpc) is 2.97. The van der Waals surface area contributed by atoms with Gasteiger partial charge in [-0.15, -0.1) is 0 Å². The van der Waals surface area contributed by atoms with Crippen LogP contribution in [0.1, 0.15) is 30.9 Å². The van der Waals surface area contributed by atoms with E-state index in [0.717, 1.165) is 31.4 Å². The molecular formula is C13H22N4O2. The maximum atomic E-state index is 12.3. The second-order valence-electron chi connectivity index (χ2n) is 4.80. The van der Waals surface area contributed by atoms with Crippen LogP contribution < -0.4 is 5.32 Å². The van der Waals surface area contributed by atoms with Crippen molar-refractivity contribution in [3.8, 4) is 0 Å². The Morgan fingerprint density at radius 1 is 1.63 bits per heavy atom. The first kappa shape index (κ1) is 14.0. The van der Waals surface area contributed by atoms with Crippen LogP contribution in [0.5, 0.6) is 0 Å². The fourth-order valence-corrected chi connectivity index (χ4v) is 2.49. The van der Waals surface area contributed by atoms with Crippen LogP contribution in [0.25, 0.3) is 0 Å². The summed E-state index contributed by atoms with van der Waals surface area (Å²) in [5.41, 5.74) is 1.10. The van der Waals surface area contributed by atoms with E-state index < -0.39 is 0 Å². The Morgan fingerprint density at radius 3 is 3.26 bits per heavy atom. The number of amides is 1. The molecule has 0 radical (unpaired) electrons. The van der Waals surface area contributed by atoms with Gasteiger partial charge in [0.25, 0.3) is 0 Å². The number of carbonyl (C=O) groups is 1. The van der Waals surface area contributed by atoms with Gasteiger partial charge in [0.15, 0.2) is 0 Å². The number of ether oxygens (including phenoxy) is 1. The highest BCUT2D eigenvalue weighted by Crippen LogP contribution is 2.30. The third-order valence-corrected chi connectivity index (χ3v) is 3.49. The van der Waals surface area contributed by atoms with E-state index in [2.05, 4.69) is 15.5 Å². The molecule has 1 aromatic rings. The van der Waals surface area contributed by atoms with Crippen molar-refractivity contribution in [3.63, 3.8) is 0 Å². The van der Waals surface area contributed by atoms with Crippen LogP contribution >= 0.6 is 0 Å². The van der Waals surface area contributed by atoms with Crippen LogP contribution in [0.2, 0.25) is 0 Å². The third-order valence-electron chi connectivity index (χ3n) is 3.49. The fourth-order valence-electron chi connectivity index (χ4n) is 2.49. The summed E-state index contributed by atoms with van der Waals surface area (Å²) in [4.78, 5) is 14.2. The van der Waals surface area contributed by atoms with Gasteiger partial charge >= 0.3 is 0 Å². The third kappa shape index (κ3) is 3.78. The molecule has 1 unspecified atom stereocenters. The number of likely N-dealkylation sites (tertiary alicyclic amines) is 1. The zero-order valence-electron chi connectivity index (χ0n) is 11.4. The van der Waals surface area contributed by atoms with Gasteiger partial charge in [-0.25, -0.2) is 0 Å². The van der Waals surface area contributed by atoms with Crippen molar-refractivity contribution in [2.24, 2.45) is 0 Å². The number of nitrogens with zero attached hydrogens (tertiary/aromatic N) is 2. The minimum atomic E-state index is 0.155. The number of aromatic amines is 1. The smallest absolute Gasteiger partial charge is 0.237 e. The highest BCUT2D eigenvalue weighted by molar-refractivity contribution is 5.78. The maximum Gasteiger partial charge on any atom is 0.237 e. The number of aromatic nitrogens is 2. The number of H-pyrrole nitrogens is 1. The van der Waals surface area contributed by atoms with Crippen molar-refractivity contribution in [1.29, 1.82) is 0 Å². The first-order valence-corrected chi connectivity index (χ1v) is 6.80. The molecule has 6 heteroatoms. The Hall–Kier alpha value is -1.40. The SMILES string of the molecule is COCCNCC(=O)N1CCCCC1c1cn[nH]c1. The van der Waals surface area contributed by atoms with Gasteiger partial charge in [-0.3, -0.25) is 9.89 Å². The predicted molar refractivity (Wildman–Crippen MR) is 71.6 cm³/mol. The summed E-state index contributed by atoms with van der Waals surface area (Å²) in [7, 11) is 1.66. The number of methoxy groups -OCH3 is 1. The topological polar surface area (TPSA) is 70.2 Å². The van der Waals surface area contributed by atoms with Crippen LogP contribution in [0.3, 0.4) is 0 Å². The predicted octanol–water partition coefficient (Wildman–Crippen LogP) is 0.699. The van der Waals surface area contributed by atoms with Gasteiger partial charge in [0.05, 0.1) is 25.4 Å². The zero-order chi connectivity index (χ0) is 13.5. The molecule has 1 fully saturated rings. The van der Waals surface area contributed by atoms with E-state index in [4.69, 9.17) is 4.74 Å². The molecule has 0 aliphatic carbocycles. The van der Waals surface area contributed by atoms with E-state index in [1.165, 1.54) is 0 Å². The zero-order valence-corrected chi connectivity index (χ0v) is 11.4. The lowest BCUT2D eigenvalue weighted by Crippen LogP contribution is -2.43. The van der Waals surface area contributed by atoms with Gasteiger partial charge < -0.3 is 15.0 Å². The van der Waals surface area contributed by atoms with E-state index in [1.807, 2.05) is 17.3 Å². The van der Waals surface area contributed by atoms with E-state index in [9.17, 15) is 4.79 Å². The molecule has 1 aliphatic heterocycles. The lowest BCUT2D eigenvalue weighted by atomic mass is 9.97. The molecule has 2 heterocycles. The highest BCUT2D eigenvalue weighted by atomic mass is 16.5. The number of piperidine rings is 1. The molecule has 1 aromatic heterocycles. The lowest BCUT2D eigenvalue weighted by Gasteiger charge is -2.35. The molecule has 1 atom stereocenters. The Kier molecular flexibility index (Phi) is 5.35. The molecule has 0 saturated carbocycles. The molecule has 0 aromatic carbocycles. The van der Waals surface area contributed by atoms with Crippen molar-refractivity contribution >= 4 is 5.91 Å². The summed E-state index contributed by atoms with van der Waals surface area (Å²) in [5, 5.41) is 9.92. The number of rotatable bonds is 6. The van der Waals surface area contributed by atoms with Gasteiger partial charge in [0.1, 0.15) is 0 Å². The molecule has 2 N–H and O–H groups in total. The van der Waals surface area contributed by atoms with Crippen LogP contribution in [0.4, 0.5) is 0 Å². The fraction of sp³-hybridized carbons (Fsp3) is 0.692. The van der Waals surface area contributed by atoms with Crippen molar-refractivity contribution in [3.05, 3.63) is 18.0 Å². The standard InChI is InChI=1S/C13H22N4O2/c1-19-7-5-14-10-13(18)17-6-3-2-4-12(17)11-8-15-16-9-11/h8-9,12,14H,2-7,10H2,1H3,(H,15,16). The van der Waals surface area contributed by atoms with Gasteiger partial charge in [-0.2, -0.15) is 5.10 Å². The molecule has 0 spiro atoms. The summed E-state index contributed by atoms with van der Waals surface area (Å²) in [6.07, 6.45) is 6.96. The van der Waals surface area contributed by atoms with Crippen LogP contribution in [0, 0.1) is 0 Å². The maximum absolute atomic E-state index is 12.3. The van der Waals surface area contributed by atoms with Gasteiger partial charge in [0, 0.05) is 32.0 Å².